The Morgan fingerprint density at radius 2 is 1.75 bits per heavy atom. The Labute approximate surface area is 146 Å². The first-order chi connectivity index (χ1) is 11.6. The van der Waals surface area contributed by atoms with Crippen LogP contribution in [-0.4, -0.2) is 19.1 Å². The lowest BCUT2D eigenvalue weighted by Crippen LogP contribution is -2.38. The van der Waals surface area contributed by atoms with E-state index in [-0.39, 0.29) is 12.5 Å². The summed E-state index contributed by atoms with van der Waals surface area (Å²) in [6, 6.07) is 15.7. The summed E-state index contributed by atoms with van der Waals surface area (Å²) in [6.45, 7) is 0.389. The van der Waals surface area contributed by atoms with Gasteiger partial charge in [0.15, 0.2) is 0 Å². The largest absolute Gasteiger partial charge is 0.469 e. The number of carbonyl (C=O) groups is 2. The molecule has 0 heterocycles. The van der Waals surface area contributed by atoms with Gasteiger partial charge in [0, 0.05) is 11.6 Å². The van der Waals surface area contributed by atoms with Crippen LogP contribution in [0.25, 0.3) is 0 Å². The molecule has 0 aromatic heterocycles. The number of hydrogen-bond acceptors (Lipinski definition) is 3. The van der Waals surface area contributed by atoms with Gasteiger partial charge in [-0.2, -0.15) is 0 Å². The number of amides is 2. The fourth-order valence-electron chi connectivity index (χ4n) is 2.23. The zero-order valence-corrected chi connectivity index (χ0v) is 14.0. The zero-order chi connectivity index (χ0) is 17.4. The van der Waals surface area contributed by atoms with E-state index in [1.807, 2.05) is 30.3 Å². The average Bonchev–Trinajstić information content (AvgIpc) is 2.60. The molecule has 1 atom stereocenters. The van der Waals surface area contributed by atoms with Gasteiger partial charge < -0.3 is 15.4 Å². The second kappa shape index (κ2) is 8.93. The first-order valence-corrected chi connectivity index (χ1v) is 7.87. The van der Waals surface area contributed by atoms with E-state index in [4.69, 9.17) is 16.3 Å². The third-order valence-corrected chi connectivity index (χ3v) is 3.82. The Morgan fingerprint density at radius 3 is 2.42 bits per heavy atom. The molecule has 0 radical (unpaired) electrons. The van der Waals surface area contributed by atoms with Crippen molar-refractivity contribution in [1.82, 2.24) is 10.6 Å². The van der Waals surface area contributed by atoms with Gasteiger partial charge in [0.05, 0.1) is 19.6 Å². The molecule has 0 aliphatic carbocycles. The van der Waals surface area contributed by atoms with E-state index in [0.29, 0.717) is 17.1 Å². The third-order valence-electron chi connectivity index (χ3n) is 3.48. The molecular formula is C18H19ClN2O3. The normalized spacial score (nSPS) is 11.4. The highest BCUT2D eigenvalue weighted by Gasteiger charge is 2.20. The summed E-state index contributed by atoms with van der Waals surface area (Å²) in [7, 11) is 1.31. The third kappa shape index (κ3) is 5.28. The topological polar surface area (TPSA) is 67.4 Å². The molecule has 0 spiro atoms. The Kier molecular flexibility index (Phi) is 6.63. The minimum Gasteiger partial charge on any atom is -0.469 e. The van der Waals surface area contributed by atoms with Gasteiger partial charge in [-0.05, 0) is 17.2 Å². The first kappa shape index (κ1) is 17.8. The smallest absolute Gasteiger partial charge is 0.315 e. The number of benzene rings is 2. The van der Waals surface area contributed by atoms with Gasteiger partial charge in [-0.1, -0.05) is 60.1 Å². The molecule has 0 aliphatic heterocycles. The summed E-state index contributed by atoms with van der Waals surface area (Å²) in [5.41, 5.74) is 1.65. The highest BCUT2D eigenvalue weighted by molar-refractivity contribution is 6.31. The van der Waals surface area contributed by atoms with Crippen molar-refractivity contribution < 1.29 is 14.3 Å². The predicted octanol–water partition coefficient (Wildman–Crippen LogP) is 3.44. The number of rotatable bonds is 6. The van der Waals surface area contributed by atoms with Gasteiger partial charge in [0.25, 0.3) is 0 Å². The van der Waals surface area contributed by atoms with E-state index in [0.717, 1.165) is 5.56 Å². The number of carbonyl (C=O) groups excluding carboxylic acids is 2. The number of ether oxygens (including phenoxy) is 1. The molecular weight excluding hydrogens is 328 g/mol. The highest BCUT2D eigenvalue weighted by Crippen LogP contribution is 2.25. The summed E-state index contributed by atoms with van der Waals surface area (Å²) in [4.78, 5) is 23.8. The van der Waals surface area contributed by atoms with E-state index < -0.39 is 12.0 Å². The van der Waals surface area contributed by atoms with Gasteiger partial charge in [-0.25, -0.2) is 4.79 Å². The van der Waals surface area contributed by atoms with E-state index in [9.17, 15) is 9.59 Å². The molecule has 24 heavy (non-hydrogen) atoms. The van der Waals surface area contributed by atoms with Crippen molar-refractivity contribution in [2.45, 2.75) is 19.0 Å². The summed E-state index contributed by atoms with van der Waals surface area (Å²) in [5, 5.41) is 6.02. The van der Waals surface area contributed by atoms with Crippen LogP contribution < -0.4 is 10.6 Å². The maximum atomic E-state index is 12.2. The summed E-state index contributed by atoms with van der Waals surface area (Å²) < 4.78 is 4.70. The van der Waals surface area contributed by atoms with E-state index in [1.54, 1.807) is 24.3 Å². The molecule has 0 saturated heterocycles. The van der Waals surface area contributed by atoms with Crippen molar-refractivity contribution in [1.29, 1.82) is 0 Å². The summed E-state index contributed by atoms with van der Waals surface area (Å²) >= 11 is 6.18. The SMILES string of the molecule is COC(=O)C[C@@H](NC(=O)NCc1ccccc1)c1ccccc1Cl. The van der Waals surface area contributed by atoms with Crippen molar-refractivity contribution >= 4 is 23.6 Å². The molecule has 0 unspecified atom stereocenters. The van der Waals surface area contributed by atoms with Crippen LogP contribution in [0, 0.1) is 0 Å². The number of methoxy groups -OCH3 is 1. The number of urea groups is 1. The second-order valence-corrected chi connectivity index (χ2v) is 5.57. The molecule has 0 bridgehead atoms. The van der Waals surface area contributed by atoms with Gasteiger partial charge in [0.1, 0.15) is 0 Å². The second-order valence-electron chi connectivity index (χ2n) is 5.17. The fraction of sp³-hybridized carbons (Fsp3) is 0.222. The van der Waals surface area contributed by atoms with Crippen LogP contribution in [0.5, 0.6) is 0 Å². The molecule has 2 N–H and O–H groups in total. The maximum absolute atomic E-state index is 12.2. The number of hydrogen-bond donors (Lipinski definition) is 2. The Bertz CT molecular complexity index is 692. The standard InChI is InChI=1S/C18H19ClN2O3/c1-24-17(22)11-16(14-9-5-6-10-15(14)19)21-18(23)20-12-13-7-3-2-4-8-13/h2-10,16H,11-12H2,1H3,(H2,20,21,23)/t16-/m1/s1. The lowest BCUT2D eigenvalue weighted by Gasteiger charge is -2.19. The lowest BCUT2D eigenvalue weighted by molar-refractivity contribution is -0.141. The maximum Gasteiger partial charge on any atom is 0.315 e. The van der Waals surface area contributed by atoms with E-state index in [1.165, 1.54) is 7.11 Å². The molecule has 5 nitrogen and oxygen atoms in total. The van der Waals surface area contributed by atoms with Crippen LogP contribution in [0.15, 0.2) is 54.6 Å². The van der Waals surface area contributed by atoms with Crippen molar-refractivity contribution in [2.24, 2.45) is 0 Å². The van der Waals surface area contributed by atoms with Crippen LogP contribution in [0.4, 0.5) is 4.79 Å². The van der Waals surface area contributed by atoms with Gasteiger partial charge in [-0.15, -0.1) is 0 Å². The van der Waals surface area contributed by atoms with Gasteiger partial charge >= 0.3 is 12.0 Å². The molecule has 2 rings (SSSR count). The molecule has 0 saturated carbocycles. The van der Waals surface area contributed by atoms with E-state index in [2.05, 4.69) is 10.6 Å². The monoisotopic (exact) mass is 346 g/mol. The summed E-state index contributed by atoms with van der Waals surface area (Å²) in [6.07, 6.45) is -0.00100. The summed E-state index contributed by atoms with van der Waals surface area (Å²) in [5.74, 6) is -0.428. The van der Waals surface area contributed by atoms with Crippen LogP contribution in [0.3, 0.4) is 0 Å². The average molecular weight is 347 g/mol. The van der Waals surface area contributed by atoms with Crippen LogP contribution in [0.1, 0.15) is 23.6 Å². The number of nitrogens with one attached hydrogen (secondary N) is 2. The minimum atomic E-state index is -0.568. The van der Waals surface area contributed by atoms with Crippen LogP contribution in [-0.2, 0) is 16.1 Å². The number of esters is 1. The lowest BCUT2D eigenvalue weighted by atomic mass is 10.0. The zero-order valence-electron chi connectivity index (χ0n) is 13.3. The van der Waals surface area contributed by atoms with Gasteiger partial charge in [-0.3, -0.25) is 4.79 Å². The Morgan fingerprint density at radius 1 is 1.08 bits per heavy atom. The first-order valence-electron chi connectivity index (χ1n) is 7.49. The van der Waals surface area contributed by atoms with Crippen LogP contribution in [0.2, 0.25) is 5.02 Å². The van der Waals surface area contributed by atoms with Crippen molar-refractivity contribution in [3.63, 3.8) is 0 Å². The molecule has 2 aromatic rings. The quantitative estimate of drug-likeness (QED) is 0.787. The molecule has 6 heteroatoms. The molecule has 126 valence electrons. The molecule has 2 aromatic carbocycles. The van der Waals surface area contributed by atoms with Gasteiger partial charge in [0.2, 0.25) is 0 Å². The highest BCUT2D eigenvalue weighted by atomic mass is 35.5. The van der Waals surface area contributed by atoms with E-state index >= 15 is 0 Å². The fourth-order valence-corrected chi connectivity index (χ4v) is 2.50. The van der Waals surface area contributed by atoms with Crippen LogP contribution >= 0.6 is 11.6 Å². The predicted molar refractivity (Wildman–Crippen MR) is 92.6 cm³/mol. The number of halogens is 1. The molecule has 0 aliphatic rings. The minimum absolute atomic E-state index is 0.00100. The molecule has 0 fully saturated rings. The molecule has 2 amide bonds. The van der Waals surface area contributed by atoms with Crippen molar-refractivity contribution in [3.05, 3.63) is 70.7 Å². The van der Waals surface area contributed by atoms with Crippen molar-refractivity contribution in [3.8, 4) is 0 Å². The van der Waals surface area contributed by atoms with Crippen molar-refractivity contribution in [2.75, 3.05) is 7.11 Å². The Hall–Kier alpha value is -2.53. The Balaban J connectivity index is 2.03.